The smallest absolute Gasteiger partial charge is 0.230 e. The van der Waals surface area contributed by atoms with Crippen LogP contribution in [0.2, 0.25) is 0 Å². The number of rotatable bonds is 6. The normalized spacial score (nSPS) is 11.2. The van der Waals surface area contributed by atoms with E-state index in [0.29, 0.717) is 11.3 Å². The molecule has 0 bridgehead atoms. The molecule has 0 unspecified atom stereocenters. The number of hydrogen-bond acceptors (Lipinski definition) is 3. The van der Waals surface area contributed by atoms with E-state index in [9.17, 15) is 31.1 Å². The first-order chi connectivity index (χ1) is 17.2. The number of carbonyl (C=O) groups excluding carboxylic acids is 1. The number of carbonyl (C=O) groups is 1. The molecule has 3 aromatic carbocycles. The summed E-state index contributed by atoms with van der Waals surface area (Å²) >= 11 is 0. The second-order valence-electron chi connectivity index (χ2n) is 7.51. The Bertz CT molecular complexity index is 1430. The number of nitrogens with zero attached hydrogens (tertiary/aromatic N) is 2. The van der Waals surface area contributed by atoms with Crippen molar-refractivity contribution in [2.75, 3.05) is 5.32 Å². The zero-order valence-corrected chi connectivity index (χ0v) is 18.2. The van der Waals surface area contributed by atoms with Crippen LogP contribution >= 0.6 is 0 Å². The average molecular weight is 499 g/mol. The molecule has 10 heteroatoms. The van der Waals surface area contributed by atoms with Gasteiger partial charge in [-0.05, 0) is 35.9 Å². The lowest BCUT2D eigenvalue weighted by Gasteiger charge is -2.11. The fourth-order valence-electron chi connectivity index (χ4n) is 3.26. The Balaban J connectivity index is 1.67. The van der Waals surface area contributed by atoms with Gasteiger partial charge in [-0.1, -0.05) is 36.4 Å². The minimum absolute atomic E-state index is 0.123. The Labute approximate surface area is 201 Å². The number of anilines is 1. The van der Waals surface area contributed by atoms with Crippen LogP contribution in [0.5, 0.6) is 0 Å². The predicted octanol–water partition coefficient (Wildman–Crippen LogP) is 6.33. The maximum Gasteiger partial charge on any atom is 0.230 e. The van der Waals surface area contributed by atoms with Gasteiger partial charge in [-0.15, -0.1) is 0 Å². The maximum absolute atomic E-state index is 14.0. The van der Waals surface area contributed by atoms with Gasteiger partial charge < -0.3 is 5.32 Å². The van der Waals surface area contributed by atoms with Gasteiger partial charge in [0.05, 0.1) is 18.3 Å². The molecule has 0 saturated carbocycles. The summed E-state index contributed by atoms with van der Waals surface area (Å²) in [5, 5.41) is 2.30. The largest absolute Gasteiger partial charge is 0.309 e. The van der Waals surface area contributed by atoms with Crippen LogP contribution < -0.4 is 5.32 Å². The third kappa shape index (κ3) is 5.27. The number of aromatic nitrogens is 2. The molecule has 0 aliphatic carbocycles. The highest BCUT2D eigenvalue weighted by Gasteiger charge is 2.27. The van der Waals surface area contributed by atoms with E-state index in [4.69, 9.17) is 0 Å². The Kier molecular flexibility index (Phi) is 7.14. The average Bonchev–Trinajstić information content (AvgIpc) is 2.89. The van der Waals surface area contributed by atoms with Gasteiger partial charge in [0.25, 0.3) is 0 Å². The topological polar surface area (TPSA) is 54.9 Å². The van der Waals surface area contributed by atoms with Crippen LogP contribution in [-0.4, -0.2) is 15.9 Å². The maximum atomic E-state index is 14.0. The lowest BCUT2D eigenvalue weighted by molar-refractivity contribution is -0.115. The van der Waals surface area contributed by atoms with Crippen molar-refractivity contribution in [3.63, 3.8) is 0 Å². The van der Waals surface area contributed by atoms with Crippen molar-refractivity contribution in [1.82, 2.24) is 9.97 Å². The Morgan fingerprint density at radius 1 is 0.778 bits per heavy atom. The van der Waals surface area contributed by atoms with Gasteiger partial charge >= 0.3 is 0 Å². The number of benzene rings is 3. The first-order valence-electron chi connectivity index (χ1n) is 10.4. The number of halogens is 6. The van der Waals surface area contributed by atoms with Crippen LogP contribution in [0.15, 0.2) is 60.8 Å². The molecule has 4 aromatic rings. The van der Waals surface area contributed by atoms with Crippen LogP contribution in [0.4, 0.5) is 32.2 Å². The highest BCUT2D eigenvalue weighted by atomic mass is 19.2. The molecule has 4 nitrogen and oxygen atoms in total. The molecule has 0 fully saturated rings. The van der Waals surface area contributed by atoms with Gasteiger partial charge in [0.1, 0.15) is 11.5 Å². The molecule has 1 N–H and O–H groups in total. The standard InChI is InChI=1S/C26H15F6N3O/c27-16-9-7-15(8-10-16)19-13-33-26(18(34-19)11-6-14-4-2-1-3-5-14)35-20(36)12-17-21(28)23(30)25(32)24(31)22(17)29/h1-11,13H,12H2,(H,33,35,36)/b11-6+. The minimum Gasteiger partial charge on any atom is -0.309 e. The van der Waals surface area contributed by atoms with E-state index < -0.39 is 52.8 Å². The molecule has 1 aromatic heterocycles. The van der Waals surface area contributed by atoms with E-state index in [1.807, 2.05) is 6.07 Å². The molecule has 1 amide bonds. The van der Waals surface area contributed by atoms with E-state index in [-0.39, 0.29) is 11.5 Å². The summed E-state index contributed by atoms with van der Waals surface area (Å²) < 4.78 is 81.5. The summed E-state index contributed by atoms with van der Waals surface area (Å²) in [7, 11) is 0. The van der Waals surface area contributed by atoms with Gasteiger partial charge in [0.15, 0.2) is 29.1 Å². The third-order valence-corrected chi connectivity index (χ3v) is 5.07. The molecule has 0 atom stereocenters. The van der Waals surface area contributed by atoms with E-state index in [1.165, 1.54) is 36.5 Å². The lowest BCUT2D eigenvalue weighted by atomic mass is 10.1. The summed E-state index contributed by atoms with van der Waals surface area (Å²) in [5.74, 6) is -12.5. The van der Waals surface area contributed by atoms with Crippen molar-refractivity contribution in [2.24, 2.45) is 0 Å². The monoisotopic (exact) mass is 499 g/mol. The van der Waals surface area contributed by atoms with Crippen LogP contribution in [0.25, 0.3) is 23.4 Å². The van der Waals surface area contributed by atoms with Gasteiger partial charge in [-0.2, -0.15) is 0 Å². The molecule has 1 heterocycles. The predicted molar refractivity (Wildman–Crippen MR) is 121 cm³/mol. The Morgan fingerprint density at radius 3 is 2.03 bits per heavy atom. The molecule has 36 heavy (non-hydrogen) atoms. The molecule has 0 saturated heterocycles. The zero-order chi connectivity index (χ0) is 25.8. The second kappa shape index (κ2) is 10.4. The number of nitrogens with one attached hydrogen (secondary N) is 1. The summed E-state index contributed by atoms with van der Waals surface area (Å²) in [6.45, 7) is 0. The fourth-order valence-corrected chi connectivity index (χ4v) is 3.26. The van der Waals surface area contributed by atoms with Gasteiger partial charge in [-0.25, -0.2) is 36.3 Å². The van der Waals surface area contributed by atoms with E-state index in [2.05, 4.69) is 15.3 Å². The summed E-state index contributed by atoms with van der Waals surface area (Å²) in [6, 6.07) is 14.4. The Morgan fingerprint density at radius 2 is 1.39 bits per heavy atom. The summed E-state index contributed by atoms with van der Waals surface area (Å²) in [4.78, 5) is 21.0. The van der Waals surface area contributed by atoms with Crippen LogP contribution in [0, 0.1) is 34.9 Å². The van der Waals surface area contributed by atoms with E-state index >= 15 is 0 Å². The molecular formula is C26H15F6N3O. The first-order valence-corrected chi connectivity index (χ1v) is 10.4. The first kappa shape index (κ1) is 24.6. The molecule has 0 spiro atoms. The minimum atomic E-state index is -2.32. The highest BCUT2D eigenvalue weighted by Crippen LogP contribution is 2.25. The number of hydrogen-bond donors (Lipinski definition) is 1. The van der Waals surface area contributed by atoms with Gasteiger partial charge in [0, 0.05) is 11.1 Å². The number of amides is 1. The molecule has 0 radical (unpaired) electrons. The SMILES string of the molecule is O=C(Cc1c(F)c(F)c(F)c(F)c1F)Nc1ncc(-c2ccc(F)cc2)nc1/C=C/c1ccccc1. The van der Waals surface area contributed by atoms with Gasteiger partial charge in [0.2, 0.25) is 11.7 Å². The summed E-state index contributed by atoms with van der Waals surface area (Å²) in [5.41, 5.74) is 0.496. The lowest BCUT2D eigenvalue weighted by Crippen LogP contribution is -2.20. The van der Waals surface area contributed by atoms with Crippen LogP contribution in [-0.2, 0) is 11.2 Å². The molecule has 182 valence electrons. The van der Waals surface area contributed by atoms with Crippen molar-refractivity contribution in [1.29, 1.82) is 0 Å². The quantitative estimate of drug-likeness (QED) is 0.192. The highest BCUT2D eigenvalue weighted by molar-refractivity contribution is 5.93. The fraction of sp³-hybridized carbons (Fsp3) is 0.0385. The van der Waals surface area contributed by atoms with Crippen molar-refractivity contribution in [3.05, 3.63) is 113 Å². The van der Waals surface area contributed by atoms with E-state index in [0.717, 1.165) is 5.56 Å². The van der Waals surface area contributed by atoms with Crippen molar-refractivity contribution in [2.45, 2.75) is 6.42 Å². The summed E-state index contributed by atoms with van der Waals surface area (Å²) in [6.07, 6.45) is 3.32. The molecule has 0 aliphatic heterocycles. The Hall–Kier alpha value is -4.47. The zero-order valence-electron chi connectivity index (χ0n) is 18.2. The van der Waals surface area contributed by atoms with E-state index in [1.54, 1.807) is 30.3 Å². The van der Waals surface area contributed by atoms with Gasteiger partial charge in [-0.3, -0.25) is 4.79 Å². The molecule has 4 rings (SSSR count). The van der Waals surface area contributed by atoms with Crippen molar-refractivity contribution >= 4 is 23.9 Å². The molecule has 0 aliphatic rings. The second-order valence-corrected chi connectivity index (χ2v) is 7.51. The molecular weight excluding hydrogens is 484 g/mol. The third-order valence-electron chi connectivity index (χ3n) is 5.07. The van der Waals surface area contributed by atoms with Crippen LogP contribution in [0.1, 0.15) is 16.8 Å². The van der Waals surface area contributed by atoms with Crippen LogP contribution in [0.3, 0.4) is 0 Å². The van der Waals surface area contributed by atoms with Crippen molar-refractivity contribution in [3.8, 4) is 11.3 Å². The van der Waals surface area contributed by atoms with Crippen molar-refractivity contribution < 1.29 is 31.1 Å².